The maximum absolute atomic E-state index is 5.72. The van der Waals surface area contributed by atoms with Crippen molar-refractivity contribution in [3.63, 3.8) is 0 Å². The Morgan fingerprint density at radius 1 is 1.39 bits per heavy atom. The summed E-state index contributed by atoms with van der Waals surface area (Å²) < 4.78 is 5.72. The third-order valence-electron chi connectivity index (χ3n) is 3.70. The Bertz CT molecular complexity index is 467. The molecule has 1 N–H and O–H groups in total. The van der Waals surface area contributed by atoms with Crippen molar-refractivity contribution in [2.75, 3.05) is 6.54 Å². The van der Waals surface area contributed by atoms with Crippen LogP contribution in [0.4, 0.5) is 0 Å². The lowest BCUT2D eigenvalue weighted by atomic mass is 9.85. The van der Waals surface area contributed by atoms with Crippen LogP contribution in [0.1, 0.15) is 32.3 Å². The van der Waals surface area contributed by atoms with Crippen molar-refractivity contribution < 1.29 is 4.74 Å². The molecule has 1 aromatic rings. The Kier molecular flexibility index (Phi) is 3.08. The van der Waals surface area contributed by atoms with Crippen LogP contribution in [-0.4, -0.2) is 23.7 Å². The summed E-state index contributed by atoms with van der Waals surface area (Å²) in [7, 11) is 0. The highest BCUT2D eigenvalue weighted by atomic mass is 16.5. The molecule has 1 aliphatic carbocycles. The molecular formula is C15H20N2O. The van der Waals surface area contributed by atoms with Crippen molar-refractivity contribution in [3.8, 4) is 5.75 Å². The van der Waals surface area contributed by atoms with Gasteiger partial charge in [0.2, 0.25) is 0 Å². The molecule has 2 unspecified atom stereocenters. The predicted octanol–water partition coefficient (Wildman–Crippen LogP) is 2.63. The van der Waals surface area contributed by atoms with E-state index in [1.807, 2.05) is 20.0 Å². The molecule has 1 fully saturated rings. The summed E-state index contributed by atoms with van der Waals surface area (Å²) >= 11 is 0. The Morgan fingerprint density at radius 2 is 2.28 bits per heavy atom. The summed E-state index contributed by atoms with van der Waals surface area (Å²) in [5.41, 5.74) is 2.67. The number of fused-ring (bicyclic) bond motifs is 2. The van der Waals surface area contributed by atoms with E-state index in [1.54, 1.807) is 6.20 Å². The van der Waals surface area contributed by atoms with E-state index in [0.717, 1.165) is 18.7 Å². The van der Waals surface area contributed by atoms with Gasteiger partial charge in [-0.3, -0.25) is 4.98 Å². The second-order valence-electron chi connectivity index (χ2n) is 5.51. The Labute approximate surface area is 108 Å². The van der Waals surface area contributed by atoms with Gasteiger partial charge >= 0.3 is 0 Å². The van der Waals surface area contributed by atoms with Crippen LogP contribution in [-0.2, 0) is 0 Å². The van der Waals surface area contributed by atoms with E-state index < -0.39 is 0 Å². The molecule has 1 aromatic heterocycles. The highest BCUT2D eigenvalue weighted by Gasteiger charge is 2.30. The van der Waals surface area contributed by atoms with Gasteiger partial charge in [0.15, 0.2) is 0 Å². The first-order valence-corrected chi connectivity index (χ1v) is 6.78. The van der Waals surface area contributed by atoms with Gasteiger partial charge in [0.25, 0.3) is 0 Å². The van der Waals surface area contributed by atoms with Gasteiger partial charge in [-0.2, -0.15) is 0 Å². The lowest BCUT2D eigenvalue weighted by Gasteiger charge is -2.20. The van der Waals surface area contributed by atoms with Crippen LogP contribution >= 0.6 is 0 Å². The maximum atomic E-state index is 5.72. The zero-order chi connectivity index (χ0) is 12.5. The van der Waals surface area contributed by atoms with Crippen LogP contribution < -0.4 is 10.1 Å². The van der Waals surface area contributed by atoms with Crippen LogP contribution in [0.3, 0.4) is 0 Å². The molecule has 3 nitrogen and oxygen atoms in total. The average Bonchev–Trinajstić information content (AvgIpc) is 2.71. The molecule has 1 saturated heterocycles. The first kappa shape index (κ1) is 11.7. The number of rotatable bonds is 3. The zero-order valence-electron chi connectivity index (χ0n) is 11.0. The standard InChI is InChI=1S/C15H20N2O/c1-10(2)18-14-6-12(7-16-9-14)15-4-3-13-5-11(15)8-17-13/h4,6-7,9-11,13,17H,3,5,8H2,1-2H3. The minimum atomic E-state index is 0.194. The van der Waals surface area contributed by atoms with Gasteiger partial charge in [-0.25, -0.2) is 0 Å². The highest BCUT2D eigenvalue weighted by molar-refractivity contribution is 5.69. The first-order valence-electron chi connectivity index (χ1n) is 6.78. The van der Waals surface area contributed by atoms with Crippen LogP contribution in [0.5, 0.6) is 5.75 Å². The van der Waals surface area contributed by atoms with E-state index in [4.69, 9.17) is 4.74 Å². The fourth-order valence-electron chi connectivity index (χ4n) is 2.94. The molecule has 96 valence electrons. The Balaban J connectivity index is 1.85. The maximum Gasteiger partial charge on any atom is 0.138 e. The van der Waals surface area contributed by atoms with Gasteiger partial charge in [-0.1, -0.05) is 6.08 Å². The predicted molar refractivity (Wildman–Crippen MR) is 72.5 cm³/mol. The van der Waals surface area contributed by atoms with E-state index in [-0.39, 0.29) is 6.10 Å². The quantitative estimate of drug-likeness (QED) is 0.887. The molecule has 3 heteroatoms. The summed E-state index contributed by atoms with van der Waals surface area (Å²) in [4.78, 5) is 4.31. The fourth-order valence-corrected chi connectivity index (χ4v) is 2.94. The van der Waals surface area contributed by atoms with Crippen LogP contribution in [0.15, 0.2) is 24.5 Å². The van der Waals surface area contributed by atoms with E-state index in [9.17, 15) is 0 Å². The SMILES string of the molecule is CC(C)Oc1cncc(C2=CCC3CC2CN3)c1. The molecule has 2 aliphatic rings. The second kappa shape index (κ2) is 4.73. The molecule has 0 spiro atoms. The number of hydrogen-bond donors (Lipinski definition) is 1. The molecule has 0 aromatic carbocycles. The van der Waals surface area contributed by atoms with Crippen molar-refractivity contribution >= 4 is 5.57 Å². The topological polar surface area (TPSA) is 34.1 Å². The van der Waals surface area contributed by atoms with Gasteiger partial charge in [0, 0.05) is 18.8 Å². The molecule has 1 aliphatic heterocycles. The van der Waals surface area contributed by atoms with Gasteiger partial charge < -0.3 is 10.1 Å². The number of nitrogens with one attached hydrogen (secondary N) is 1. The average molecular weight is 244 g/mol. The van der Waals surface area contributed by atoms with E-state index >= 15 is 0 Å². The summed E-state index contributed by atoms with van der Waals surface area (Å²) in [6.07, 6.45) is 8.72. The van der Waals surface area contributed by atoms with E-state index in [2.05, 4.69) is 22.4 Å². The number of aromatic nitrogens is 1. The third kappa shape index (κ3) is 2.27. The highest BCUT2D eigenvalue weighted by Crippen LogP contribution is 2.36. The molecule has 2 atom stereocenters. The van der Waals surface area contributed by atoms with Crippen molar-refractivity contribution in [3.05, 3.63) is 30.1 Å². The second-order valence-corrected chi connectivity index (χ2v) is 5.51. The van der Waals surface area contributed by atoms with Gasteiger partial charge in [-0.15, -0.1) is 0 Å². The smallest absolute Gasteiger partial charge is 0.138 e. The molecule has 2 bridgehead atoms. The van der Waals surface area contributed by atoms with Gasteiger partial charge in [0.1, 0.15) is 5.75 Å². The van der Waals surface area contributed by atoms with Crippen molar-refractivity contribution in [1.29, 1.82) is 0 Å². The number of ether oxygens (including phenoxy) is 1. The van der Waals surface area contributed by atoms with Crippen molar-refractivity contribution in [2.24, 2.45) is 5.92 Å². The summed E-state index contributed by atoms with van der Waals surface area (Å²) in [5.74, 6) is 1.52. The summed E-state index contributed by atoms with van der Waals surface area (Å²) in [6.45, 7) is 5.18. The van der Waals surface area contributed by atoms with Crippen molar-refractivity contribution in [2.45, 2.75) is 38.8 Å². The summed E-state index contributed by atoms with van der Waals surface area (Å²) in [5, 5.41) is 3.56. The van der Waals surface area contributed by atoms with E-state index in [0.29, 0.717) is 12.0 Å². The third-order valence-corrected chi connectivity index (χ3v) is 3.70. The van der Waals surface area contributed by atoms with Gasteiger partial charge in [-0.05, 0) is 49.8 Å². The summed E-state index contributed by atoms with van der Waals surface area (Å²) in [6, 6.07) is 2.82. The molecule has 0 amide bonds. The number of nitrogens with zero attached hydrogens (tertiary/aromatic N) is 1. The monoisotopic (exact) mass is 244 g/mol. The lowest BCUT2D eigenvalue weighted by molar-refractivity contribution is 0.241. The Morgan fingerprint density at radius 3 is 3.11 bits per heavy atom. The van der Waals surface area contributed by atoms with E-state index in [1.165, 1.54) is 17.6 Å². The molecule has 18 heavy (non-hydrogen) atoms. The number of hydrogen-bond acceptors (Lipinski definition) is 3. The molecule has 2 heterocycles. The fraction of sp³-hybridized carbons (Fsp3) is 0.533. The molecule has 3 rings (SSSR count). The zero-order valence-corrected chi connectivity index (χ0v) is 11.0. The van der Waals surface area contributed by atoms with Crippen LogP contribution in [0.2, 0.25) is 0 Å². The van der Waals surface area contributed by atoms with Crippen LogP contribution in [0.25, 0.3) is 5.57 Å². The molecule has 0 radical (unpaired) electrons. The lowest BCUT2D eigenvalue weighted by Crippen LogP contribution is -2.19. The molecular weight excluding hydrogens is 224 g/mol. The normalized spacial score (nSPS) is 26.3. The van der Waals surface area contributed by atoms with Gasteiger partial charge in [0.05, 0.1) is 12.3 Å². The first-order chi connectivity index (χ1) is 8.72. The van der Waals surface area contributed by atoms with Crippen LogP contribution in [0, 0.1) is 5.92 Å². The minimum Gasteiger partial charge on any atom is -0.489 e. The molecule has 0 saturated carbocycles. The van der Waals surface area contributed by atoms with Crippen molar-refractivity contribution in [1.82, 2.24) is 10.3 Å². The minimum absolute atomic E-state index is 0.194. The Hall–Kier alpha value is -1.35. The number of pyridine rings is 1. The largest absolute Gasteiger partial charge is 0.489 e.